The number of aromatic nitrogens is 2. The molecule has 21 heavy (non-hydrogen) atoms. The van der Waals surface area contributed by atoms with Gasteiger partial charge in [0, 0.05) is 44.3 Å². The predicted octanol–water partition coefficient (Wildman–Crippen LogP) is 1.30. The van der Waals surface area contributed by atoms with E-state index in [1.165, 1.54) is 11.3 Å². The Kier molecular flexibility index (Phi) is 4.31. The first-order valence-electron chi connectivity index (χ1n) is 7.43. The van der Waals surface area contributed by atoms with Crippen LogP contribution in [0.5, 0.6) is 0 Å². The summed E-state index contributed by atoms with van der Waals surface area (Å²) >= 11 is 0. The second-order valence-electron chi connectivity index (χ2n) is 5.19. The van der Waals surface area contributed by atoms with E-state index >= 15 is 0 Å². The third-order valence-corrected chi connectivity index (χ3v) is 3.86. The van der Waals surface area contributed by atoms with Crippen LogP contribution >= 0.6 is 0 Å². The molecule has 0 bridgehead atoms. The Morgan fingerprint density at radius 3 is 2.29 bits per heavy atom. The lowest BCUT2D eigenvalue weighted by molar-refractivity contribution is 0.638. The van der Waals surface area contributed by atoms with E-state index < -0.39 is 0 Å². The van der Waals surface area contributed by atoms with Crippen LogP contribution in [0.15, 0.2) is 42.7 Å². The fraction of sp³-hybridized carbons (Fsp3) is 0.375. The van der Waals surface area contributed by atoms with Gasteiger partial charge in [0.1, 0.15) is 0 Å². The zero-order valence-electron chi connectivity index (χ0n) is 12.2. The minimum absolute atomic E-state index is 0.689. The van der Waals surface area contributed by atoms with Crippen molar-refractivity contribution in [2.75, 3.05) is 42.5 Å². The van der Waals surface area contributed by atoms with Gasteiger partial charge < -0.3 is 15.5 Å². The Morgan fingerprint density at radius 2 is 1.57 bits per heavy atom. The Morgan fingerprint density at radius 1 is 0.905 bits per heavy atom. The lowest BCUT2D eigenvalue weighted by Gasteiger charge is -2.37. The zero-order chi connectivity index (χ0) is 14.5. The predicted molar refractivity (Wildman–Crippen MR) is 85.7 cm³/mol. The highest BCUT2D eigenvalue weighted by Crippen LogP contribution is 2.22. The summed E-state index contributed by atoms with van der Waals surface area (Å²) in [6, 6.07) is 10.4. The van der Waals surface area contributed by atoms with Crippen molar-refractivity contribution in [2.45, 2.75) is 6.42 Å². The third kappa shape index (κ3) is 3.13. The summed E-state index contributed by atoms with van der Waals surface area (Å²) in [5.41, 5.74) is 8.37. The molecule has 3 rings (SSSR count). The molecule has 0 amide bonds. The molecule has 5 nitrogen and oxygen atoms in total. The lowest BCUT2D eigenvalue weighted by atomic mass is 10.1. The zero-order valence-corrected chi connectivity index (χ0v) is 12.2. The Bertz CT molecular complexity index is 564. The number of hydrogen-bond donors (Lipinski definition) is 1. The molecule has 0 spiro atoms. The molecule has 2 aromatic rings. The summed E-state index contributed by atoms with van der Waals surface area (Å²) in [6.45, 7) is 4.55. The molecule has 0 radical (unpaired) electrons. The van der Waals surface area contributed by atoms with Gasteiger partial charge >= 0.3 is 0 Å². The van der Waals surface area contributed by atoms with E-state index in [1.54, 1.807) is 12.4 Å². The van der Waals surface area contributed by atoms with Crippen molar-refractivity contribution >= 4 is 11.6 Å². The molecule has 0 unspecified atom stereocenters. The van der Waals surface area contributed by atoms with Gasteiger partial charge in [-0.2, -0.15) is 0 Å². The number of rotatable bonds is 4. The second kappa shape index (κ2) is 6.54. The van der Waals surface area contributed by atoms with E-state index in [0.29, 0.717) is 6.54 Å². The number of piperazine rings is 1. The average molecular weight is 283 g/mol. The fourth-order valence-electron chi connectivity index (χ4n) is 2.79. The highest BCUT2D eigenvalue weighted by Gasteiger charge is 2.20. The maximum atomic E-state index is 5.71. The number of benzene rings is 1. The molecule has 0 atom stereocenters. The highest BCUT2D eigenvalue weighted by molar-refractivity contribution is 5.55. The number of para-hydroxylation sites is 1. The first-order valence-corrected chi connectivity index (χ1v) is 7.43. The molecular formula is C16H21N5. The van der Waals surface area contributed by atoms with Crippen molar-refractivity contribution in [3.8, 4) is 0 Å². The van der Waals surface area contributed by atoms with E-state index in [1.807, 2.05) is 6.07 Å². The molecule has 110 valence electrons. The first kappa shape index (κ1) is 13.8. The molecule has 1 aliphatic rings. The number of anilines is 2. The van der Waals surface area contributed by atoms with Gasteiger partial charge in [0.05, 0.1) is 0 Å². The molecule has 1 aliphatic heterocycles. The van der Waals surface area contributed by atoms with Gasteiger partial charge in [0.2, 0.25) is 5.95 Å². The van der Waals surface area contributed by atoms with Crippen LogP contribution in [0.25, 0.3) is 0 Å². The van der Waals surface area contributed by atoms with E-state index in [0.717, 1.165) is 38.5 Å². The summed E-state index contributed by atoms with van der Waals surface area (Å²) in [7, 11) is 0. The number of hydrogen-bond acceptors (Lipinski definition) is 5. The van der Waals surface area contributed by atoms with Gasteiger partial charge in [-0.1, -0.05) is 18.2 Å². The topological polar surface area (TPSA) is 58.3 Å². The molecule has 2 heterocycles. The Balaban J connectivity index is 1.69. The van der Waals surface area contributed by atoms with Crippen molar-refractivity contribution in [2.24, 2.45) is 5.73 Å². The Labute approximate surface area is 125 Å². The van der Waals surface area contributed by atoms with Crippen molar-refractivity contribution in [1.29, 1.82) is 0 Å². The number of nitrogens with two attached hydrogens (primary N) is 1. The van der Waals surface area contributed by atoms with Gasteiger partial charge in [-0.3, -0.25) is 0 Å². The molecule has 1 saturated heterocycles. The van der Waals surface area contributed by atoms with Gasteiger partial charge in [0.15, 0.2) is 0 Å². The fourth-order valence-corrected chi connectivity index (χ4v) is 2.79. The maximum Gasteiger partial charge on any atom is 0.225 e. The monoisotopic (exact) mass is 283 g/mol. The van der Waals surface area contributed by atoms with Crippen molar-refractivity contribution in [1.82, 2.24) is 9.97 Å². The lowest BCUT2D eigenvalue weighted by Crippen LogP contribution is -2.47. The van der Waals surface area contributed by atoms with Crippen LogP contribution in [0.2, 0.25) is 0 Å². The van der Waals surface area contributed by atoms with Crippen LogP contribution < -0.4 is 15.5 Å². The average Bonchev–Trinajstić information content (AvgIpc) is 2.57. The van der Waals surface area contributed by atoms with Gasteiger partial charge in [-0.25, -0.2) is 9.97 Å². The van der Waals surface area contributed by atoms with Gasteiger partial charge in [-0.15, -0.1) is 0 Å². The van der Waals surface area contributed by atoms with Crippen molar-refractivity contribution < 1.29 is 0 Å². The minimum Gasteiger partial charge on any atom is -0.368 e. The van der Waals surface area contributed by atoms with Crippen molar-refractivity contribution in [3.05, 3.63) is 48.3 Å². The smallest absolute Gasteiger partial charge is 0.225 e. The normalized spacial score (nSPS) is 15.3. The molecule has 0 aliphatic carbocycles. The summed E-state index contributed by atoms with van der Waals surface area (Å²) in [5, 5.41) is 0. The maximum absolute atomic E-state index is 5.71. The quantitative estimate of drug-likeness (QED) is 0.916. The van der Waals surface area contributed by atoms with Crippen LogP contribution in [-0.4, -0.2) is 42.7 Å². The van der Waals surface area contributed by atoms with Gasteiger partial charge in [0.25, 0.3) is 0 Å². The summed E-state index contributed by atoms with van der Waals surface area (Å²) in [4.78, 5) is 13.3. The number of nitrogens with zero attached hydrogens (tertiary/aromatic N) is 4. The van der Waals surface area contributed by atoms with E-state index in [-0.39, 0.29) is 0 Å². The molecule has 1 aromatic heterocycles. The third-order valence-electron chi connectivity index (χ3n) is 3.86. The van der Waals surface area contributed by atoms with Gasteiger partial charge in [-0.05, 0) is 30.7 Å². The minimum atomic E-state index is 0.689. The SMILES string of the molecule is NCCc1ccccc1N1CCN(c2ncccn2)CC1. The summed E-state index contributed by atoms with van der Waals surface area (Å²) in [6.07, 6.45) is 4.52. The Hall–Kier alpha value is -2.14. The van der Waals surface area contributed by atoms with E-state index in [4.69, 9.17) is 5.73 Å². The molecule has 5 heteroatoms. The first-order chi connectivity index (χ1) is 10.4. The largest absolute Gasteiger partial charge is 0.368 e. The molecule has 0 saturated carbocycles. The summed E-state index contributed by atoms with van der Waals surface area (Å²) in [5.74, 6) is 0.826. The van der Waals surface area contributed by atoms with E-state index in [9.17, 15) is 0 Å². The standard InChI is InChI=1S/C16H21N5/c17-7-6-14-4-1-2-5-15(14)20-10-12-21(13-11-20)16-18-8-3-9-19-16/h1-5,8-9H,6-7,10-13,17H2. The van der Waals surface area contributed by atoms with Crippen LogP contribution in [0.3, 0.4) is 0 Å². The molecule has 1 fully saturated rings. The van der Waals surface area contributed by atoms with Crippen LogP contribution in [0.4, 0.5) is 11.6 Å². The second-order valence-corrected chi connectivity index (χ2v) is 5.19. The van der Waals surface area contributed by atoms with Crippen LogP contribution in [0.1, 0.15) is 5.56 Å². The molecular weight excluding hydrogens is 262 g/mol. The van der Waals surface area contributed by atoms with E-state index in [2.05, 4.69) is 44.0 Å². The van der Waals surface area contributed by atoms with Crippen LogP contribution in [0, 0.1) is 0 Å². The molecule has 2 N–H and O–H groups in total. The van der Waals surface area contributed by atoms with Crippen LogP contribution in [-0.2, 0) is 6.42 Å². The van der Waals surface area contributed by atoms with Crippen molar-refractivity contribution in [3.63, 3.8) is 0 Å². The molecule has 1 aromatic carbocycles. The summed E-state index contributed by atoms with van der Waals surface area (Å²) < 4.78 is 0. The highest BCUT2D eigenvalue weighted by atomic mass is 15.3.